The number of nitrogens with one attached hydrogen (secondary N) is 2. The SMILES string of the molecule is C(#Cc1cncnc1Nc1ccc2[nH]ccc2c1)c1ccccc1. The molecule has 2 N–H and O–H groups in total. The number of fused-ring (bicyclic) bond motifs is 1. The van der Waals surface area contributed by atoms with E-state index in [1.54, 1.807) is 6.20 Å². The largest absolute Gasteiger partial charge is 0.361 e. The van der Waals surface area contributed by atoms with Gasteiger partial charge in [0.25, 0.3) is 0 Å². The third-order valence-electron chi connectivity index (χ3n) is 3.64. The Morgan fingerprint density at radius 1 is 0.958 bits per heavy atom. The number of hydrogen-bond donors (Lipinski definition) is 2. The van der Waals surface area contributed by atoms with E-state index in [0.717, 1.165) is 27.7 Å². The summed E-state index contributed by atoms with van der Waals surface area (Å²) in [4.78, 5) is 11.6. The van der Waals surface area contributed by atoms with Gasteiger partial charge in [0.05, 0.1) is 5.56 Å². The maximum atomic E-state index is 4.32. The molecule has 0 atom stereocenters. The van der Waals surface area contributed by atoms with E-state index in [4.69, 9.17) is 0 Å². The second-order valence-corrected chi connectivity index (χ2v) is 5.31. The Morgan fingerprint density at radius 3 is 2.79 bits per heavy atom. The van der Waals surface area contributed by atoms with Crippen molar-refractivity contribution in [1.29, 1.82) is 0 Å². The number of aromatic nitrogens is 3. The van der Waals surface area contributed by atoms with Crippen molar-refractivity contribution in [3.63, 3.8) is 0 Å². The summed E-state index contributed by atoms with van der Waals surface area (Å²) < 4.78 is 0. The summed E-state index contributed by atoms with van der Waals surface area (Å²) in [6, 6.07) is 18.0. The van der Waals surface area contributed by atoms with E-state index in [1.807, 2.05) is 54.7 Å². The fourth-order valence-corrected chi connectivity index (χ4v) is 2.45. The van der Waals surface area contributed by atoms with E-state index in [-0.39, 0.29) is 0 Å². The van der Waals surface area contributed by atoms with Gasteiger partial charge in [-0.3, -0.25) is 0 Å². The van der Waals surface area contributed by atoms with Crippen molar-refractivity contribution in [1.82, 2.24) is 15.0 Å². The lowest BCUT2D eigenvalue weighted by Gasteiger charge is -2.07. The fraction of sp³-hybridized carbons (Fsp3) is 0. The maximum Gasteiger partial charge on any atom is 0.149 e. The monoisotopic (exact) mass is 310 g/mol. The summed E-state index contributed by atoms with van der Waals surface area (Å²) in [6.45, 7) is 0. The summed E-state index contributed by atoms with van der Waals surface area (Å²) in [7, 11) is 0. The Hall–Kier alpha value is -3.58. The molecule has 0 bridgehead atoms. The smallest absolute Gasteiger partial charge is 0.149 e. The first-order valence-corrected chi connectivity index (χ1v) is 7.60. The molecule has 0 fully saturated rings. The average Bonchev–Trinajstić information content (AvgIpc) is 3.10. The molecule has 2 heterocycles. The van der Waals surface area contributed by atoms with Crippen molar-refractivity contribution in [2.75, 3.05) is 5.32 Å². The molecular weight excluding hydrogens is 296 g/mol. The minimum absolute atomic E-state index is 0.698. The van der Waals surface area contributed by atoms with Gasteiger partial charge < -0.3 is 10.3 Å². The van der Waals surface area contributed by atoms with Gasteiger partial charge >= 0.3 is 0 Å². The maximum absolute atomic E-state index is 4.32. The molecule has 0 aliphatic heterocycles. The van der Waals surface area contributed by atoms with Crippen LogP contribution in [0, 0.1) is 11.8 Å². The molecule has 114 valence electrons. The highest BCUT2D eigenvalue weighted by atomic mass is 15.0. The van der Waals surface area contributed by atoms with Crippen molar-refractivity contribution in [2.24, 2.45) is 0 Å². The third kappa shape index (κ3) is 2.96. The topological polar surface area (TPSA) is 53.6 Å². The van der Waals surface area contributed by atoms with Crippen LogP contribution in [-0.4, -0.2) is 15.0 Å². The Bertz CT molecular complexity index is 1040. The van der Waals surface area contributed by atoms with Gasteiger partial charge in [-0.2, -0.15) is 0 Å². The molecule has 0 unspecified atom stereocenters. The van der Waals surface area contributed by atoms with Crippen molar-refractivity contribution < 1.29 is 0 Å². The zero-order valence-corrected chi connectivity index (χ0v) is 12.8. The zero-order valence-electron chi connectivity index (χ0n) is 12.8. The van der Waals surface area contributed by atoms with Crippen LogP contribution in [0.4, 0.5) is 11.5 Å². The molecule has 0 aliphatic carbocycles. The predicted octanol–water partition coefficient (Wildman–Crippen LogP) is 4.10. The molecule has 0 aliphatic rings. The van der Waals surface area contributed by atoms with Crippen LogP contribution in [0.1, 0.15) is 11.1 Å². The first kappa shape index (κ1) is 14.0. The number of nitrogens with zero attached hydrogens (tertiary/aromatic N) is 2. The minimum Gasteiger partial charge on any atom is -0.361 e. The molecule has 4 heteroatoms. The van der Waals surface area contributed by atoms with Gasteiger partial charge in [0.15, 0.2) is 0 Å². The molecule has 2 aromatic heterocycles. The first-order valence-electron chi connectivity index (χ1n) is 7.60. The van der Waals surface area contributed by atoms with E-state index in [1.165, 1.54) is 6.33 Å². The summed E-state index contributed by atoms with van der Waals surface area (Å²) in [5.74, 6) is 6.97. The van der Waals surface area contributed by atoms with Gasteiger partial charge in [-0.15, -0.1) is 0 Å². The minimum atomic E-state index is 0.698. The average molecular weight is 310 g/mol. The number of rotatable bonds is 2. The highest BCUT2D eigenvalue weighted by Crippen LogP contribution is 2.22. The third-order valence-corrected chi connectivity index (χ3v) is 3.64. The highest BCUT2D eigenvalue weighted by molar-refractivity contribution is 5.84. The van der Waals surface area contributed by atoms with Crippen molar-refractivity contribution in [3.8, 4) is 11.8 Å². The van der Waals surface area contributed by atoms with Crippen LogP contribution in [-0.2, 0) is 0 Å². The molecule has 24 heavy (non-hydrogen) atoms. The molecule has 0 saturated heterocycles. The molecule has 4 rings (SSSR count). The molecule has 4 nitrogen and oxygen atoms in total. The van der Waals surface area contributed by atoms with Crippen LogP contribution in [0.25, 0.3) is 10.9 Å². The van der Waals surface area contributed by atoms with E-state index in [0.29, 0.717) is 5.82 Å². The van der Waals surface area contributed by atoms with Crippen molar-refractivity contribution in [3.05, 3.63) is 84.4 Å². The van der Waals surface area contributed by atoms with Crippen LogP contribution < -0.4 is 5.32 Å². The highest BCUT2D eigenvalue weighted by Gasteiger charge is 2.03. The van der Waals surface area contributed by atoms with Crippen LogP contribution in [0.2, 0.25) is 0 Å². The van der Waals surface area contributed by atoms with Crippen LogP contribution in [0.5, 0.6) is 0 Å². The molecule has 0 saturated carbocycles. The lowest BCUT2D eigenvalue weighted by atomic mass is 10.2. The number of aromatic amines is 1. The first-order chi connectivity index (χ1) is 11.9. The Labute approximate surface area is 139 Å². The van der Waals surface area contributed by atoms with Gasteiger partial charge in [0.2, 0.25) is 0 Å². The van der Waals surface area contributed by atoms with E-state index in [2.05, 4.69) is 38.2 Å². The van der Waals surface area contributed by atoms with Crippen LogP contribution >= 0.6 is 0 Å². The van der Waals surface area contributed by atoms with E-state index >= 15 is 0 Å². The van der Waals surface area contributed by atoms with Gasteiger partial charge in [-0.1, -0.05) is 30.0 Å². The predicted molar refractivity (Wildman–Crippen MR) is 96.0 cm³/mol. The molecule has 0 spiro atoms. The van der Waals surface area contributed by atoms with E-state index in [9.17, 15) is 0 Å². The molecule has 0 radical (unpaired) electrons. The number of H-pyrrole nitrogens is 1. The number of hydrogen-bond acceptors (Lipinski definition) is 3. The Morgan fingerprint density at radius 2 is 1.88 bits per heavy atom. The number of benzene rings is 2. The van der Waals surface area contributed by atoms with Crippen molar-refractivity contribution in [2.45, 2.75) is 0 Å². The van der Waals surface area contributed by atoms with Gasteiger partial charge in [-0.05, 0) is 36.4 Å². The summed E-state index contributed by atoms with van der Waals surface area (Å²) in [5.41, 5.74) is 3.78. The van der Waals surface area contributed by atoms with Gasteiger partial charge in [0, 0.05) is 34.5 Å². The normalized spacial score (nSPS) is 10.2. The summed E-state index contributed by atoms with van der Waals surface area (Å²) in [5, 5.41) is 4.47. The second kappa shape index (κ2) is 6.27. The van der Waals surface area contributed by atoms with Crippen molar-refractivity contribution >= 4 is 22.4 Å². The molecule has 4 aromatic rings. The summed E-state index contributed by atoms with van der Waals surface area (Å²) in [6.07, 6.45) is 5.17. The Kier molecular flexibility index (Phi) is 3.67. The van der Waals surface area contributed by atoms with Crippen LogP contribution in [0.3, 0.4) is 0 Å². The van der Waals surface area contributed by atoms with Gasteiger partial charge in [0.1, 0.15) is 12.1 Å². The lowest BCUT2D eigenvalue weighted by molar-refractivity contribution is 1.16. The second-order valence-electron chi connectivity index (χ2n) is 5.31. The number of anilines is 2. The summed E-state index contributed by atoms with van der Waals surface area (Å²) >= 11 is 0. The standard InChI is InChI=1S/C20H14N4/c1-2-4-15(5-3-1)6-7-17-13-21-14-23-20(17)24-18-8-9-19-16(12-18)10-11-22-19/h1-5,8-14,22H,(H,21,23,24). The Balaban J connectivity index is 1.65. The quantitative estimate of drug-likeness (QED) is 0.548. The van der Waals surface area contributed by atoms with Gasteiger partial charge in [-0.25, -0.2) is 9.97 Å². The molecule has 2 aromatic carbocycles. The zero-order chi connectivity index (χ0) is 16.2. The van der Waals surface area contributed by atoms with E-state index < -0.39 is 0 Å². The molecular formula is C20H14N4. The fourth-order valence-electron chi connectivity index (χ4n) is 2.45. The molecule has 0 amide bonds. The van der Waals surface area contributed by atoms with Crippen LogP contribution in [0.15, 0.2) is 73.3 Å². The lowest BCUT2D eigenvalue weighted by Crippen LogP contribution is -1.97.